The Morgan fingerprint density at radius 3 is 2.20 bits per heavy atom. The highest BCUT2D eigenvalue weighted by molar-refractivity contribution is 5.64. The molecule has 0 aromatic heterocycles. The zero-order valence-corrected chi connectivity index (χ0v) is 8.11. The minimum absolute atomic E-state index is 0.221. The van der Waals surface area contributed by atoms with Gasteiger partial charge < -0.3 is 4.74 Å². The Hall–Kier alpha value is -1.83. The van der Waals surface area contributed by atoms with Crippen molar-refractivity contribution in [3.05, 3.63) is 61.5 Å². The first-order valence-electron chi connectivity index (χ1n) is 4.58. The van der Waals surface area contributed by atoms with E-state index in [1.165, 1.54) is 6.07 Å². The fourth-order valence-corrected chi connectivity index (χ4v) is 1.43. The smallest absolute Gasteiger partial charge is 0.131 e. The third-order valence-corrected chi connectivity index (χ3v) is 2.21. The van der Waals surface area contributed by atoms with Crippen molar-refractivity contribution >= 4 is 0 Å². The Morgan fingerprint density at radius 2 is 1.60 bits per heavy atom. The molecule has 2 rings (SSSR count). The fraction of sp³-hybridized carbons (Fsp3) is 0. The Morgan fingerprint density at radius 1 is 0.933 bits per heavy atom. The lowest BCUT2D eigenvalue weighted by molar-refractivity contribution is 0.473. The molecule has 75 valence electrons. The van der Waals surface area contributed by atoms with E-state index in [2.05, 4.69) is 7.11 Å². The molecule has 2 aromatic carbocycles. The monoisotopic (exact) mass is 201 g/mol. The van der Waals surface area contributed by atoms with Crippen LogP contribution in [0.3, 0.4) is 0 Å². The quantitative estimate of drug-likeness (QED) is 0.720. The number of benzene rings is 2. The maximum atomic E-state index is 13.4. The summed E-state index contributed by atoms with van der Waals surface area (Å²) in [6.45, 7) is 0. The lowest BCUT2D eigenvalue weighted by atomic mass is 10.1. The fourth-order valence-electron chi connectivity index (χ4n) is 1.43. The van der Waals surface area contributed by atoms with Crippen LogP contribution in [0.5, 0.6) is 5.75 Å². The molecular formula is C13H10FO. The summed E-state index contributed by atoms with van der Waals surface area (Å²) in [5.41, 5.74) is 1.42. The predicted octanol–water partition coefficient (Wildman–Crippen LogP) is 3.66. The molecule has 0 bridgehead atoms. The van der Waals surface area contributed by atoms with Crippen LogP contribution in [0.1, 0.15) is 0 Å². The average Bonchev–Trinajstić information content (AvgIpc) is 2.30. The highest BCUT2D eigenvalue weighted by atomic mass is 19.1. The van der Waals surface area contributed by atoms with Gasteiger partial charge in [-0.3, -0.25) is 0 Å². The number of hydrogen-bond acceptors (Lipinski definition) is 1. The molecule has 15 heavy (non-hydrogen) atoms. The third kappa shape index (κ3) is 1.99. The summed E-state index contributed by atoms with van der Waals surface area (Å²) in [6.07, 6.45) is 0. The molecule has 0 aliphatic carbocycles. The van der Waals surface area contributed by atoms with E-state index in [0.717, 1.165) is 5.56 Å². The maximum Gasteiger partial charge on any atom is 0.131 e. The van der Waals surface area contributed by atoms with E-state index in [4.69, 9.17) is 4.74 Å². The maximum absolute atomic E-state index is 13.4. The van der Waals surface area contributed by atoms with Gasteiger partial charge in [0.1, 0.15) is 18.7 Å². The lowest BCUT2D eigenvalue weighted by Crippen LogP contribution is -1.84. The Kier molecular flexibility index (Phi) is 2.68. The second kappa shape index (κ2) is 4.13. The van der Waals surface area contributed by atoms with Crippen LogP contribution in [0.2, 0.25) is 0 Å². The van der Waals surface area contributed by atoms with Crippen LogP contribution in [0.25, 0.3) is 11.1 Å². The minimum atomic E-state index is -0.221. The van der Waals surface area contributed by atoms with Crippen molar-refractivity contribution in [2.24, 2.45) is 0 Å². The van der Waals surface area contributed by atoms with Gasteiger partial charge in [-0.15, -0.1) is 0 Å². The Bertz CT molecular complexity index is 448. The molecular weight excluding hydrogens is 191 g/mol. The molecule has 0 saturated carbocycles. The van der Waals surface area contributed by atoms with E-state index in [0.29, 0.717) is 11.3 Å². The first-order valence-corrected chi connectivity index (χ1v) is 4.58. The van der Waals surface area contributed by atoms with Crippen molar-refractivity contribution in [3.63, 3.8) is 0 Å². The molecule has 0 fully saturated rings. The van der Waals surface area contributed by atoms with Crippen molar-refractivity contribution in [2.45, 2.75) is 0 Å². The van der Waals surface area contributed by atoms with Crippen molar-refractivity contribution in [1.82, 2.24) is 0 Å². The van der Waals surface area contributed by atoms with Gasteiger partial charge >= 0.3 is 0 Å². The zero-order valence-electron chi connectivity index (χ0n) is 8.11. The molecule has 0 spiro atoms. The summed E-state index contributed by atoms with van der Waals surface area (Å²) >= 11 is 0. The third-order valence-electron chi connectivity index (χ3n) is 2.21. The molecule has 0 N–H and O–H groups in total. The van der Waals surface area contributed by atoms with Gasteiger partial charge in [-0.25, -0.2) is 4.39 Å². The molecule has 1 nitrogen and oxygen atoms in total. The minimum Gasteiger partial charge on any atom is -0.490 e. The largest absolute Gasteiger partial charge is 0.490 e. The average molecular weight is 201 g/mol. The SMILES string of the molecule is [CH2]Oc1ccc(-c2ccccc2F)cc1. The molecule has 1 radical (unpaired) electrons. The normalized spacial score (nSPS) is 10.0. The van der Waals surface area contributed by atoms with Crippen molar-refractivity contribution < 1.29 is 9.13 Å². The van der Waals surface area contributed by atoms with Crippen LogP contribution in [0, 0.1) is 12.9 Å². The van der Waals surface area contributed by atoms with E-state index in [1.54, 1.807) is 36.4 Å². The van der Waals surface area contributed by atoms with Gasteiger partial charge in [-0.05, 0) is 23.8 Å². The molecule has 0 atom stereocenters. The van der Waals surface area contributed by atoms with Crippen LogP contribution in [0.4, 0.5) is 4.39 Å². The highest BCUT2D eigenvalue weighted by Gasteiger charge is 2.03. The topological polar surface area (TPSA) is 9.23 Å². The van der Waals surface area contributed by atoms with Gasteiger partial charge in [0.15, 0.2) is 0 Å². The second-order valence-corrected chi connectivity index (χ2v) is 3.15. The molecule has 2 heteroatoms. The van der Waals surface area contributed by atoms with Gasteiger partial charge in [-0.1, -0.05) is 30.3 Å². The van der Waals surface area contributed by atoms with Crippen LogP contribution < -0.4 is 4.74 Å². The molecule has 0 saturated heterocycles. The summed E-state index contributed by atoms with van der Waals surface area (Å²) in [7, 11) is 3.30. The number of hydrogen-bond donors (Lipinski definition) is 0. The summed E-state index contributed by atoms with van der Waals surface area (Å²) in [6, 6.07) is 13.8. The van der Waals surface area contributed by atoms with Gasteiger partial charge in [0.05, 0.1) is 0 Å². The number of rotatable bonds is 2. The molecule has 0 amide bonds. The summed E-state index contributed by atoms with van der Waals surface area (Å²) < 4.78 is 18.2. The molecule has 0 heterocycles. The standard InChI is InChI=1S/C13H10FO/c1-15-11-8-6-10(7-9-11)12-4-2-3-5-13(12)14/h2-9H,1H2. The van der Waals surface area contributed by atoms with E-state index in [-0.39, 0.29) is 5.82 Å². The number of halogens is 1. The van der Waals surface area contributed by atoms with E-state index < -0.39 is 0 Å². The molecule has 0 aliphatic heterocycles. The second-order valence-electron chi connectivity index (χ2n) is 3.15. The van der Waals surface area contributed by atoms with Gasteiger partial charge in [0.25, 0.3) is 0 Å². The Balaban J connectivity index is 2.42. The van der Waals surface area contributed by atoms with E-state index in [1.807, 2.05) is 6.07 Å². The molecule has 0 aliphatic rings. The zero-order chi connectivity index (χ0) is 10.7. The van der Waals surface area contributed by atoms with Crippen molar-refractivity contribution in [3.8, 4) is 16.9 Å². The first kappa shape index (κ1) is 9.71. The van der Waals surface area contributed by atoms with Gasteiger partial charge in [0, 0.05) is 5.56 Å². The van der Waals surface area contributed by atoms with Crippen LogP contribution >= 0.6 is 0 Å². The summed E-state index contributed by atoms with van der Waals surface area (Å²) in [5.74, 6) is 0.441. The predicted molar refractivity (Wildman–Crippen MR) is 57.8 cm³/mol. The van der Waals surface area contributed by atoms with Crippen molar-refractivity contribution in [2.75, 3.05) is 0 Å². The van der Waals surface area contributed by atoms with Gasteiger partial charge in [0.2, 0.25) is 0 Å². The van der Waals surface area contributed by atoms with Crippen LogP contribution in [-0.2, 0) is 0 Å². The highest BCUT2D eigenvalue weighted by Crippen LogP contribution is 2.24. The lowest BCUT2D eigenvalue weighted by Gasteiger charge is -2.04. The van der Waals surface area contributed by atoms with Crippen LogP contribution in [-0.4, -0.2) is 0 Å². The molecule has 2 aromatic rings. The van der Waals surface area contributed by atoms with E-state index in [9.17, 15) is 4.39 Å². The molecule has 0 unspecified atom stereocenters. The summed E-state index contributed by atoms with van der Waals surface area (Å²) in [5, 5.41) is 0. The van der Waals surface area contributed by atoms with Crippen molar-refractivity contribution in [1.29, 1.82) is 0 Å². The first-order chi connectivity index (χ1) is 7.31. The van der Waals surface area contributed by atoms with Gasteiger partial charge in [-0.2, -0.15) is 0 Å². The van der Waals surface area contributed by atoms with E-state index >= 15 is 0 Å². The van der Waals surface area contributed by atoms with Crippen LogP contribution in [0.15, 0.2) is 48.5 Å². The summed E-state index contributed by atoms with van der Waals surface area (Å²) in [4.78, 5) is 0. The number of ether oxygens (including phenoxy) is 1. The Labute approximate surface area is 88.1 Å².